The van der Waals surface area contributed by atoms with Crippen molar-refractivity contribution in [2.45, 2.75) is 6.92 Å². The molecule has 0 fully saturated rings. The number of aryl methyl sites for hydroxylation is 1. The van der Waals surface area contributed by atoms with Crippen molar-refractivity contribution in [3.8, 4) is 5.75 Å². The Morgan fingerprint density at radius 3 is 2.86 bits per heavy atom. The van der Waals surface area contributed by atoms with Crippen LogP contribution >= 0.6 is 0 Å². The third-order valence-corrected chi connectivity index (χ3v) is 2.12. The number of aromatic hydroxyl groups is 1. The Bertz CT molecular complexity index is 560. The summed E-state index contributed by atoms with van der Waals surface area (Å²) in [5.41, 5.74) is 0.259. The maximum absolute atomic E-state index is 12.8. The second-order valence-corrected chi connectivity index (χ2v) is 3.12. The highest BCUT2D eigenvalue weighted by atomic mass is 19.1. The number of halogens is 1. The Morgan fingerprint density at radius 2 is 2.14 bits per heavy atom. The van der Waals surface area contributed by atoms with Crippen molar-refractivity contribution in [2.75, 3.05) is 0 Å². The van der Waals surface area contributed by atoms with Crippen LogP contribution in [0.3, 0.4) is 0 Å². The van der Waals surface area contributed by atoms with Crippen molar-refractivity contribution in [3.05, 3.63) is 39.9 Å². The van der Waals surface area contributed by atoms with Gasteiger partial charge in [-0.1, -0.05) is 0 Å². The molecule has 0 bridgehead atoms. The standard InChI is InChI=1S/C10H8FNO2/c1-5-9(13)10(14)7-3-2-6(11)4-8(7)12-5/h2-4,13H,1H3,(H,12,14). The number of rotatable bonds is 0. The first-order chi connectivity index (χ1) is 6.59. The fraction of sp³-hybridized carbons (Fsp3) is 0.100. The highest BCUT2D eigenvalue weighted by Gasteiger charge is 2.07. The van der Waals surface area contributed by atoms with Crippen LogP contribution in [0, 0.1) is 12.7 Å². The minimum Gasteiger partial charge on any atom is -0.503 e. The molecule has 0 spiro atoms. The fourth-order valence-electron chi connectivity index (χ4n) is 1.38. The zero-order valence-electron chi connectivity index (χ0n) is 7.47. The molecule has 4 heteroatoms. The average Bonchev–Trinajstić information content (AvgIpc) is 2.14. The molecule has 3 nitrogen and oxygen atoms in total. The molecule has 2 N–H and O–H groups in total. The van der Waals surface area contributed by atoms with Gasteiger partial charge >= 0.3 is 0 Å². The summed E-state index contributed by atoms with van der Waals surface area (Å²) in [4.78, 5) is 14.2. The zero-order chi connectivity index (χ0) is 10.3. The van der Waals surface area contributed by atoms with E-state index in [-0.39, 0.29) is 11.1 Å². The molecule has 0 atom stereocenters. The number of benzene rings is 1. The first-order valence-electron chi connectivity index (χ1n) is 4.10. The number of H-pyrrole nitrogens is 1. The van der Waals surface area contributed by atoms with E-state index in [1.807, 2.05) is 0 Å². The lowest BCUT2D eigenvalue weighted by Crippen LogP contribution is -2.04. The van der Waals surface area contributed by atoms with E-state index in [1.54, 1.807) is 6.92 Å². The molecule has 0 unspecified atom stereocenters. The number of pyridine rings is 1. The van der Waals surface area contributed by atoms with Crippen molar-refractivity contribution < 1.29 is 9.50 Å². The van der Waals surface area contributed by atoms with E-state index < -0.39 is 11.2 Å². The molecule has 2 aromatic rings. The summed E-state index contributed by atoms with van der Waals surface area (Å²) >= 11 is 0. The molecule has 1 aromatic carbocycles. The van der Waals surface area contributed by atoms with E-state index in [9.17, 15) is 14.3 Å². The first-order valence-corrected chi connectivity index (χ1v) is 4.10. The van der Waals surface area contributed by atoms with Crippen LogP contribution < -0.4 is 5.43 Å². The molecule has 0 radical (unpaired) electrons. The number of hydrogen-bond donors (Lipinski definition) is 2. The lowest BCUT2D eigenvalue weighted by Gasteiger charge is -2.02. The van der Waals surface area contributed by atoms with Crippen molar-refractivity contribution in [1.29, 1.82) is 0 Å². The monoisotopic (exact) mass is 193 g/mol. The predicted molar refractivity (Wildman–Crippen MR) is 50.9 cm³/mol. The van der Waals surface area contributed by atoms with E-state index in [4.69, 9.17) is 0 Å². The summed E-state index contributed by atoms with van der Waals surface area (Å²) < 4.78 is 12.8. The molecular formula is C10H8FNO2. The average molecular weight is 193 g/mol. The molecule has 1 aromatic heterocycles. The molecule has 14 heavy (non-hydrogen) atoms. The zero-order valence-corrected chi connectivity index (χ0v) is 7.47. The maximum Gasteiger partial charge on any atom is 0.231 e. The summed E-state index contributed by atoms with van der Waals surface area (Å²) in [6, 6.07) is 3.76. The normalized spacial score (nSPS) is 10.7. The molecule has 0 amide bonds. The highest BCUT2D eigenvalue weighted by Crippen LogP contribution is 2.15. The largest absolute Gasteiger partial charge is 0.503 e. The van der Waals surface area contributed by atoms with Crippen LogP contribution in [0.2, 0.25) is 0 Å². The second kappa shape index (κ2) is 2.83. The fourth-order valence-corrected chi connectivity index (χ4v) is 1.38. The summed E-state index contributed by atoms with van der Waals surface area (Å²) in [5.74, 6) is -0.734. The summed E-state index contributed by atoms with van der Waals surface area (Å²) in [5, 5.41) is 9.62. The van der Waals surface area contributed by atoms with Gasteiger partial charge in [0.25, 0.3) is 0 Å². The molecule has 72 valence electrons. The van der Waals surface area contributed by atoms with Gasteiger partial charge in [-0.25, -0.2) is 4.39 Å². The highest BCUT2D eigenvalue weighted by molar-refractivity contribution is 5.80. The van der Waals surface area contributed by atoms with Crippen molar-refractivity contribution in [3.63, 3.8) is 0 Å². The lowest BCUT2D eigenvalue weighted by atomic mass is 10.2. The smallest absolute Gasteiger partial charge is 0.231 e. The van der Waals surface area contributed by atoms with Crippen LogP contribution in [0.5, 0.6) is 5.75 Å². The van der Waals surface area contributed by atoms with Gasteiger partial charge in [-0.05, 0) is 25.1 Å². The molecular weight excluding hydrogens is 185 g/mol. The lowest BCUT2D eigenvalue weighted by molar-refractivity contribution is 0.464. The van der Waals surface area contributed by atoms with Gasteiger partial charge in [0, 0.05) is 5.39 Å². The number of nitrogens with one attached hydrogen (secondary N) is 1. The molecule has 0 saturated carbocycles. The Labute approximate surface area is 78.8 Å². The molecule has 1 heterocycles. The van der Waals surface area contributed by atoms with Crippen LogP contribution in [0.4, 0.5) is 4.39 Å². The Balaban J connectivity index is 2.98. The van der Waals surface area contributed by atoms with Gasteiger partial charge in [-0.2, -0.15) is 0 Å². The molecule has 0 aliphatic carbocycles. The Hall–Kier alpha value is -1.84. The Kier molecular flexibility index (Phi) is 1.77. The van der Waals surface area contributed by atoms with E-state index in [2.05, 4.69) is 4.98 Å². The Morgan fingerprint density at radius 1 is 1.43 bits per heavy atom. The quantitative estimate of drug-likeness (QED) is 0.668. The van der Waals surface area contributed by atoms with E-state index in [0.717, 1.165) is 0 Å². The van der Waals surface area contributed by atoms with Crippen LogP contribution in [0.15, 0.2) is 23.0 Å². The summed E-state index contributed by atoms with van der Waals surface area (Å²) in [6.45, 7) is 1.56. The van der Waals surface area contributed by atoms with Gasteiger partial charge in [0.05, 0.1) is 11.2 Å². The SMILES string of the molecule is Cc1[nH]c2cc(F)ccc2c(=O)c1O. The predicted octanol–water partition coefficient (Wildman–Crippen LogP) is 1.68. The number of aromatic nitrogens is 1. The number of fused-ring (bicyclic) bond motifs is 1. The van der Waals surface area contributed by atoms with Crippen LogP contribution in [-0.2, 0) is 0 Å². The van der Waals surface area contributed by atoms with Crippen molar-refractivity contribution in [1.82, 2.24) is 4.98 Å². The topological polar surface area (TPSA) is 53.1 Å². The molecule has 0 aliphatic heterocycles. The molecule has 0 saturated heterocycles. The summed E-state index contributed by atoms with van der Waals surface area (Å²) in [6.07, 6.45) is 0. The number of hydrogen-bond acceptors (Lipinski definition) is 2. The van der Waals surface area contributed by atoms with E-state index in [0.29, 0.717) is 11.2 Å². The maximum atomic E-state index is 12.8. The van der Waals surface area contributed by atoms with E-state index in [1.165, 1.54) is 18.2 Å². The minimum absolute atomic E-state index is 0.287. The van der Waals surface area contributed by atoms with Gasteiger partial charge < -0.3 is 10.1 Å². The second-order valence-electron chi connectivity index (χ2n) is 3.12. The van der Waals surface area contributed by atoms with Gasteiger partial charge in [0.15, 0.2) is 5.75 Å². The van der Waals surface area contributed by atoms with Crippen LogP contribution in [0.25, 0.3) is 10.9 Å². The van der Waals surface area contributed by atoms with Crippen molar-refractivity contribution in [2.24, 2.45) is 0 Å². The third-order valence-electron chi connectivity index (χ3n) is 2.12. The third kappa shape index (κ3) is 1.16. The summed E-state index contributed by atoms with van der Waals surface area (Å²) in [7, 11) is 0. The molecule has 0 aliphatic rings. The van der Waals surface area contributed by atoms with Crippen LogP contribution in [0.1, 0.15) is 5.69 Å². The van der Waals surface area contributed by atoms with Gasteiger partial charge in [0.2, 0.25) is 5.43 Å². The number of aromatic amines is 1. The van der Waals surface area contributed by atoms with Crippen LogP contribution in [-0.4, -0.2) is 10.1 Å². The van der Waals surface area contributed by atoms with Crippen molar-refractivity contribution >= 4 is 10.9 Å². The van der Waals surface area contributed by atoms with Gasteiger partial charge in [-0.15, -0.1) is 0 Å². The van der Waals surface area contributed by atoms with Gasteiger partial charge in [0.1, 0.15) is 5.82 Å². The molecule has 2 rings (SSSR count). The van der Waals surface area contributed by atoms with E-state index >= 15 is 0 Å². The first kappa shape index (κ1) is 8.74. The minimum atomic E-state index is -0.476. The van der Waals surface area contributed by atoms with Gasteiger partial charge in [-0.3, -0.25) is 4.79 Å².